The molecule has 0 spiro atoms. The summed E-state index contributed by atoms with van der Waals surface area (Å²) >= 11 is 1.48. The summed E-state index contributed by atoms with van der Waals surface area (Å²) in [4.78, 5) is 1.45. The fraction of sp³-hybridized carbons (Fsp3) is 0.636. The summed E-state index contributed by atoms with van der Waals surface area (Å²) in [5.74, 6) is 0. The van der Waals surface area contributed by atoms with Crippen molar-refractivity contribution >= 4 is 21.4 Å². The molecule has 0 atom stereocenters. The van der Waals surface area contributed by atoms with E-state index in [9.17, 15) is 8.42 Å². The molecule has 102 valence electrons. The molecule has 0 unspecified atom stereocenters. The van der Waals surface area contributed by atoms with Crippen LogP contribution in [-0.2, 0) is 21.3 Å². The van der Waals surface area contributed by atoms with Gasteiger partial charge in [-0.25, -0.2) is 8.42 Å². The lowest BCUT2D eigenvalue weighted by Crippen LogP contribution is -2.40. The second-order valence-electron chi connectivity index (χ2n) is 4.05. The van der Waals surface area contributed by atoms with Gasteiger partial charge in [-0.2, -0.15) is 4.31 Å². The van der Waals surface area contributed by atoms with Crippen LogP contribution in [0.4, 0.5) is 0 Å². The largest absolute Gasteiger partial charge is 0.379 e. The molecule has 1 aromatic heterocycles. The number of ether oxygens (including phenoxy) is 1. The minimum atomic E-state index is -3.33. The van der Waals surface area contributed by atoms with E-state index in [1.54, 1.807) is 11.4 Å². The van der Waals surface area contributed by atoms with E-state index >= 15 is 0 Å². The highest BCUT2D eigenvalue weighted by molar-refractivity contribution is 7.89. The van der Waals surface area contributed by atoms with Crippen molar-refractivity contribution in [2.75, 3.05) is 32.8 Å². The summed E-state index contributed by atoms with van der Waals surface area (Å²) in [6.07, 6.45) is 0. The van der Waals surface area contributed by atoms with E-state index in [1.807, 2.05) is 6.92 Å². The topological polar surface area (TPSA) is 58.6 Å². The molecule has 1 aliphatic rings. The monoisotopic (exact) mass is 290 g/mol. The number of nitrogens with one attached hydrogen (secondary N) is 1. The third kappa shape index (κ3) is 3.10. The van der Waals surface area contributed by atoms with E-state index < -0.39 is 10.0 Å². The maximum atomic E-state index is 12.3. The van der Waals surface area contributed by atoms with E-state index in [4.69, 9.17) is 4.74 Å². The van der Waals surface area contributed by atoms with Crippen molar-refractivity contribution < 1.29 is 13.2 Å². The minimum Gasteiger partial charge on any atom is -0.379 e. The second-order valence-corrected chi connectivity index (χ2v) is 6.98. The van der Waals surface area contributed by atoms with E-state index in [-0.39, 0.29) is 0 Å². The average Bonchev–Trinajstić information content (AvgIpc) is 2.87. The zero-order chi connectivity index (χ0) is 13.0. The van der Waals surface area contributed by atoms with Gasteiger partial charge in [-0.1, -0.05) is 6.92 Å². The molecule has 2 rings (SSSR count). The first-order valence-corrected chi connectivity index (χ1v) is 8.32. The summed E-state index contributed by atoms with van der Waals surface area (Å²) in [5.41, 5.74) is 0. The van der Waals surface area contributed by atoms with Crippen molar-refractivity contribution in [1.82, 2.24) is 9.62 Å². The summed E-state index contributed by atoms with van der Waals surface area (Å²) in [7, 11) is -3.33. The van der Waals surface area contributed by atoms with Gasteiger partial charge in [-0.15, -0.1) is 11.3 Å². The molecule has 1 aromatic rings. The van der Waals surface area contributed by atoms with Crippen molar-refractivity contribution in [1.29, 1.82) is 0 Å². The Balaban J connectivity index is 2.11. The zero-order valence-corrected chi connectivity index (χ0v) is 12.0. The van der Waals surface area contributed by atoms with Crippen LogP contribution in [0, 0.1) is 0 Å². The molecular weight excluding hydrogens is 272 g/mol. The standard InChI is InChI=1S/C11H18N2O3S2/c1-2-12-8-10-7-11(9-17-10)18(14,15)13-3-5-16-6-4-13/h7,9,12H,2-6,8H2,1H3. The first kappa shape index (κ1) is 14.0. The molecule has 7 heteroatoms. The lowest BCUT2D eigenvalue weighted by molar-refractivity contribution is 0.0730. The average molecular weight is 290 g/mol. The minimum absolute atomic E-state index is 0.405. The Hall–Kier alpha value is -0.470. The smallest absolute Gasteiger partial charge is 0.244 e. The first-order chi connectivity index (χ1) is 8.64. The molecule has 0 saturated carbocycles. The molecule has 1 N–H and O–H groups in total. The molecule has 1 saturated heterocycles. The van der Waals surface area contributed by atoms with Crippen LogP contribution in [0.15, 0.2) is 16.3 Å². The molecule has 1 aliphatic heterocycles. The maximum Gasteiger partial charge on any atom is 0.244 e. The third-order valence-corrected chi connectivity index (χ3v) is 5.75. The second kappa shape index (κ2) is 6.12. The number of nitrogens with zero attached hydrogens (tertiary/aromatic N) is 1. The van der Waals surface area contributed by atoms with Gasteiger partial charge in [0.25, 0.3) is 0 Å². The lowest BCUT2D eigenvalue weighted by Gasteiger charge is -2.25. The van der Waals surface area contributed by atoms with Gasteiger partial charge in [0.1, 0.15) is 0 Å². The van der Waals surface area contributed by atoms with Gasteiger partial charge in [-0.3, -0.25) is 0 Å². The number of rotatable bonds is 5. The van der Waals surface area contributed by atoms with E-state index in [0.717, 1.165) is 18.0 Å². The predicted octanol–water partition coefficient (Wildman–Crippen LogP) is 0.879. The van der Waals surface area contributed by atoms with Crippen molar-refractivity contribution in [2.45, 2.75) is 18.4 Å². The van der Waals surface area contributed by atoms with E-state index in [2.05, 4.69) is 5.32 Å². The Bertz CT molecular complexity index is 478. The number of hydrogen-bond donors (Lipinski definition) is 1. The van der Waals surface area contributed by atoms with E-state index in [1.165, 1.54) is 15.6 Å². The lowest BCUT2D eigenvalue weighted by atomic mass is 10.4. The molecule has 1 fully saturated rings. The van der Waals surface area contributed by atoms with Gasteiger partial charge < -0.3 is 10.1 Å². The highest BCUT2D eigenvalue weighted by Gasteiger charge is 2.27. The van der Waals surface area contributed by atoms with Gasteiger partial charge in [0.2, 0.25) is 10.0 Å². The van der Waals surface area contributed by atoms with Crippen molar-refractivity contribution in [2.24, 2.45) is 0 Å². The number of hydrogen-bond acceptors (Lipinski definition) is 5. The summed E-state index contributed by atoms with van der Waals surface area (Å²) in [5, 5.41) is 4.91. The van der Waals surface area contributed by atoms with Crippen LogP contribution in [0.5, 0.6) is 0 Å². The highest BCUT2D eigenvalue weighted by atomic mass is 32.2. The Morgan fingerprint density at radius 2 is 2.17 bits per heavy atom. The Morgan fingerprint density at radius 1 is 1.44 bits per heavy atom. The van der Waals surface area contributed by atoms with Crippen LogP contribution in [0.3, 0.4) is 0 Å². The Labute approximate surface area is 112 Å². The van der Waals surface area contributed by atoms with Crippen molar-refractivity contribution in [3.8, 4) is 0 Å². The van der Waals surface area contributed by atoms with Gasteiger partial charge in [0.05, 0.1) is 18.1 Å². The van der Waals surface area contributed by atoms with Gasteiger partial charge in [-0.05, 0) is 12.6 Å². The van der Waals surface area contributed by atoms with E-state index in [0.29, 0.717) is 31.2 Å². The van der Waals surface area contributed by atoms with Crippen LogP contribution in [0.2, 0.25) is 0 Å². The quantitative estimate of drug-likeness (QED) is 0.874. The van der Waals surface area contributed by atoms with Gasteiger partial charge >= 0.3 is 0 Å². The Kier molecular flexibility index (Phi) is 4.74. The van der Waals surface area contributed by atoms with Crippen LogP contribution >= 0.6 is 11.3 Å². The molecule has 5 nitrogen and oxygen atoms in total. The molecule has 2 heterocycles. The third-order valence-electron chi connectivity index (χ3n) is 2.79. The van der Waals surface area contributed by atoms with Crippen LogP contribution in [0.25, 0.3) is 0 Å². The molecule has 0 aromatic carbocycles. The van der Waals surface area contributed by atoms with Crippen LogP contribution < -0.4 is 5.32 Å². The van der Waals surface area contributed by atoms with Crippen LogP contribution in [-0.4, -0.2) is 45.6 Å². The fourth-order valence-corrected chi connectivity index (χ4v) is 4.41. The molecular formula is C11H18N2O3S2. The molecule has 0 bridgehead atoms. The SMILES string of the molecule is CCNCc1cc(S(=O)(=O)N2CCOCC2)cs1. The normalized spacial score (nSPS) is 18.1. The molecule has 0 aliphatic carbocycles. The zero-order valence-electron chi connectivity index (χ0n) is 10.4. The Morgan fingerprint density at radius 3 is 2.83 bits per heavy atom. The number of thiophene rings is 1. The number of morpholine rings is 1. The summed E-state index contributed by atoms with van der Waals surface area (Å²) in [6, 6.07) is 1.76. The first-order valence-electron chi connectivity index (χ1n) is 6.00. The van der Waals surface area contributed by atoms with Crippen molar-refractivity contribution in [3.05, 3.63) is 16.3 Å². The summed E-state index contributed by atoms with van der Waals surface area (Å²) in [6.45, 7) is 5.48. The van der Waals surface area contributed by atoms with Crippen LogP contribution in [0.1, 0.15) is 11.8 Å². The van der Waals surface area contributed by atoms with Gasteiger partial charge in [0.15, 0.2) is 0 Å². The predicted molar refractivity (Wildman–Crippen MR) is 71.3 cm³/mol. The highest BCUT2D eigenvalue weighted by Crippen LogP contribution is 2.23. The molecule has 18 heavy (non-hydrogen) atoms. The van der Waals surface area contributed by atoms with Crippen molar-refractivity contribution in [3.63, 3.8) is 0 Å². The maximum absolute atomic E-state index is 12.3. The fourth-order valence-electron chi connectivity index (χ4n) is 1.77. The number of sulfonamides is 1. The van der Waals surface area contributed by atoms with Gasteiger partial charge in [0, 0.05) is 29.9 Å². The summed E-state index contributed by atoms with van der Waals surface area (Å²) < 4.78 is 31.3. The molecule has 0 amide bonds. The molecule has 0 radical (unpaired) electrons.